The lowest BCUT2D eigenvalue weighted by Crippen LogP contribution is -1.90. The van der Waals surface area contributed by atoms with Crippen LogP contribution in [0.4, 0.5) is 0 Å². The van der Waals surface area contributed by atoms with Gasteiger partial charge in [-0.2, -0.15) is 0 Å². The molecule has 2 aliphatic rings. The molecule has 0 aromatic carbocycles. The summed E-state index contributed by atoms with van der Waals surface area (Å²) in [5, 5.41) is 0. The van der Waals surface area contributed by atoms with Crippen molar-refractivity contribution in [3.05, 3.63) is 24.0 Å². The fourth-order valence-electron chi connectivity index (χ4n) is 1.96. The molecule has 0 spiro atoms. The maximum atomic E-state index is 5.00. The van der Waals surface area contributed by atoms with Crippen molar-refractivity contribution in [3.8, 4) is 0 Å². The van der Waals surface area contributed by atoms with Crippen molar-refractivity contribution in [1.82, 2.24) is 0 Å². The van der Waals surface area contributed by atoms with E-state index in [1.54, 1.807) is 7.11 Å². The number of hydrogen-bond acceptors (Lipinski definition) is 1. The minimum Gasteiger partial charge on any atom is -0.504 e. The molecule has 0 N–H and O–H groups in total. The third-order valence-corrected chi connectivity index (χ3v) is 2.47. The van der Waals surface area contributed by atoms with E-state index in [9.17, 15) is 0 Å². The molecule has 1 fully saturated rings. The minimum absolute atomic E-state index is 0.713. The van der Waals surface area contributed by atoms with E-state index in [1.807, 2.05) is 6.26 Å². The highest BCUT2D eigenvalue weighted by Gasteiger charge is 2.31. The molecule has 0 aromatic rings. The van der Waals surface area contributed by atoms with E-state index in [0.717, 1.165) is 0 Å². The first-order valence-electron chi connectivity index (χ1n) is 3.83. The molecule has 10 heavy (non-hydrogen) atoms. The van der Waals surface area contributed by atoms with Crippen LogP contribution in [0.3, 0.4) is 0 Å². The van der Waals surface area contributed by atoms with Crippen LogP contribution in [0.1, 0.15) is 12.8 Å². The van der Waals surface area contributed by atoms with Crippen molar-refractivity contribution in [3.63, 3.8) is 0 Å². The van der Waals surface area contributed by atoms with E-state index < -0.39 is 0 Å². The van der Waals surface area contributed by atoms with Gasteiger partial charge in [0.1, 0.15) is 0 Å². The fourth-order valence-corrected chi connectivity index (χ4v) is 1.96. The third-order valence-electron chi connectivity index (χ3n) is 2.47. The first-order chi connectivity index (χ1) is 4.92. The smallest absolute Gasteiger partial charge is 0.0828 e. The molecule has 0 heterocycles. The van der Waals surface area contributed by atoms with Gasteiger partial charge in [0.15, 0.2) is 0 Å². The average Bonchev–Trinajstić information content (AvgIpc) is 2.50. The monoisotopic (exact) mass is 136 g/mol. The maximum absolute atomic E-state index is 5.00. The number of methoxy groups -OCH3 is 1. The van der Waals surface area contributed by atoms with Gasteiger partial charge in [0.2, 0.25) is 0 Å². The summed E-state index contributed by atoms with van der Waals surface area (Å²) >= 11 is 0. The summed E-state index contributed by atoms with van der Waals surface area (Å²) in [6, 6.07) is 0. The Hall–Kier alpha value is -0.720. The van der Waals surface area contributed by atoms with Crippen LogP contribution in [-0.4, -0.2) is 7.11 Å². The second-order valence-corrected chi connectivity index (χ2v) is 3.03. The van der Waals surface area contributed by atoms with E-state index in [4.69, 9.17) is 4.74 Å². The summed E-state index contributed by atoms with van der Waals surface area (Å²) in [4.78, 5) is 0. The van der Waals surface area contributed by atoms with E-state index in [1.165, 1.54) is 18.4 Å². The molecule has 1 nitrogen and oxygen atoms in total. The van der Waals surface area contributed by atoms with Crippen LogP contribution >= 0.6 is 0 Å². The molecule has 1 saturated carbocycles. The molecule has 0 radical (unpaired) electrons. The van der Waals surface area contributed by atoms with Gasteiger partial charge < -0.3 is 4.74 Å². The lowest BCUT2D eigenvalue weighted by molar-refractivity contribution is 0.330. The molecule has 1 heteroatoms. The van der Waals surface area contributed by atoms with Crippen molar-refractivity contribution >= 4 is 0 Å². The Bertz CT molecular complexity index is 175. The molecule has 2 rings (SSSR count). The second kappa shape index (κ2) is 2.15. The molecule has 2 aliphatic carbocycles. The van der Waals surface area contributed by atoms with Crippen molar-refractivity contribution in [2.45, 2.75) is 12.8 Å². The Morgan fingerprint density at radius 2 is 2.00 bits per heavy atom. The molecular weight excluding hydrogens is 124 g/mol. The summed E-state index contributed by atoms with van der Waals surface area (Å²) in [6.07, 6.45) is 9.19. The number of hydrogen-bond donors (Lipinski definition) is 0. The molecule has 54 valence electrons. The highest BCUT2D eigenvalue weighted by Crippen LogP contribution is 2.43. The maximum Gasteiger partial charge on any atom is 0.0828 e. The van der Waals surface area contributed by atoms with Gasteiger partial charge in [0.05, 0.1) is 13.4 Å². The molecule has 0 aromatic heterocycles. The van der Waals surface area contributed by atoms with E-state index >= 15 is 0 Å². The van der Waals surface area contributed by atoms with Crippen molar-refractivity contribution in [2.24, 2.45) is 11.8 Å². The molecule has 2 unspecified atom stereocenters. The largest absolute Gasteiger partial charge is 0.504 e. The molecule has 2 bridgehead atoms. The highest BCUT2D eigenvalue weighted by atomic mass is 16.5. The van der Waals surface area contributed by atoms with Crippen LogP contribution in [-0.2, 0) is 4.74 Å². The standard InChI is InChI=1S/C9H12O/c1-10-6-9-7-2-3-8(9)5-4-7/h2-3,6-8H,4-5H2,1H3. The molecular formula is C9H12O. The van der Waals surface area contributed by atoms with E-state index in [-0.39, 0.29) is 0 Å². The van der Waals surface area contributed by atoms with Gasteiger partial charge in [-0.25, -0.2) is 0 Å². The predicted octanol–water partition coefficient (Wildman–Crippen LogP) is 2.11. The summed E-state index contributed by atoms with van der Waals surface area (Å²) in [5.74, 6) is 1.43. The number of ether oxygens (including phenoxy) is 1. The van der Waals surface area contributed by atoms with Gasteiger partial charge in [-0.05, 0) is 18.4 Å². The Kier molecular flexibility index (Phi) is 1.30. The molecule has 0 amide bonds. The van der Waals surface area contributed by atoms with Crippen LogP contribution in [0, 0.1) is 11.8 Å². The van der Waals surface area contributed by atoms with Crippen molar-refractivity contribution in [2.75, 3.05) is 7.11 Å². The zero-order chi connectivity index (χ0) is 6.97. The van der Waals surface area contributed by atoms with Gasteiger partial charge >= 0.3 is 0 Å². The van der Waals surface area contributed by atoms with Crippen LogP contribution in [0.25, 0.3) is 0 Å². The lowest BCUT2D eigenvalue weighted by atomic mass is 10.1. The zero-order valence-corrected chi connectivity index (χ0v) is 6.21. The van der Waals surface area contributed by atoms with Crippen LogP contribution in [0.5, 0.6) is 0 Å². The highest BCUT2D eigenvalue weighted by molar-refractivity contribution is 5.30. The summed E-state index contributed by atoms with van der Waals surface area (Å²) in [5.41, 5.74) is 1.49. The average molecular weight is 136 g/mol. The normalized spacial score (nSPS) is 35.1. The second-order valence-electron chi connectivity index (χ2n) is 3.03. The topological polar surface area (TPSA) is 9.23 Å². The lowest BCUT2D eigenvalue weighted by Gasteiger charge is -2.01. The minimum atomic E-state index is 0.713. The zero-order valence-electron chi connectivity index (χ0n) is 6.21. The molecule has 2 atom stereocenters. The van der Waals surface area contributed by atoms with Gasteiger partial charge in [0.25, 0.3) is 0 Å². The van der Waals surface area contributed by atoms with Crippen LogP contribution in [0.15, 0.2) is 24.0 Å². The number of allylic oxidation sites excluding steroid dienone is 3. The summed E-state index contributed by atoms with van der Waals surface area (Å²) in [6.45, 7) is 0. The first kappa shape index (κ1) is 6.02. The van der Waals surface area contributed by atoms with E-state index in [0.29, 0.717) is 11.8 Å². The predicted molar refractivity (Wildman–Crippen MR) is 40.4 cm³/mol. The fraction of sp³-hybridized carbons (Fsp3) is 0.556. The summed E-state index contributed by atoms with van der Waals surface area (Å²) < 4.78 is 5.00. The Morgan fingerprint density at radius 1 is 1.40 bits per heavy atom. The van der Waals surface area contributed by atoms with Crippen molar-refractivity contribution < 1.29 is 4.74 Å². The van der Waals surface area contributed by atoms with Crippen molar-refractivity contribution in [1.29, 1.82) is 0 Å². The van der Waals surface area contributed by atoms with Gasteiger partial charge in [-0.3, -0.25) is 0 Å². The SMILES string of the molecule is COC=C1C2C=CC1CC2. The molecule has 0 aliphatic heterocycles. The summed E-state index contributed by atoms with van der Waals surface area (Å²) in [7, 11) is 1.73. The van der Waals surface area contributed by atoms with Gasteiger partial charge in [0, 0.05) is 11.8 Å². The first-order valence-corrected chi connectivity index (χ1v) is 3.83. The van der Waals surface area contributed by atoms with Crippen LogP contribution < -0.4 is 0 Å². The Balaban J connectivity index is 2.22. The Morgan fingerprint density at radius 3 is 2.40 bits per heavy atom. The van der Waals surface area contributed by atoms with Gasteiger partial charge in [-0.1, -0.05) is 12.2 Å². The molecule has 0 saturated heterocycles. The number of fused-ring (bicyclic) bond motifs is 2. The Labute approximate surface area is 61.4 Å². The number of rotatable bonds is 1. The van der Waals surface area contributed by atoms with Crippen LogP contribution in [0.2, 0.25) is 0 Å². The van der Waals surface area contributed by atoms with E-state index in [2.05, 4.69) is 12.2 Å². The third kappa shape index (κ3) is 0.698. The quantitative estimate of drug-likeness (QED) is 0.396. The van der Waals surface area contributed by atoms with Gasteiger partial charge in [-0.15, -0.1) is 0 Å².